The van der Waals surface area contributed by atoms with Crippen molar-refractivity contribution in [1.29, 1.82) is 0 Å². The maximum absolute atomic E-state index is 11.3. The zero-order valence-corrected chi connectivity index (χ0v) is 10.0. The summed E-state index contributed by atoms with van der Waals surface area (Å²) in [7, 11) is 0. The van der Waals surface area contributed by atoms with Gasteiger partial charge in [0.2, 0.25) is 5.91 Å². The molecule has 0 saturated carbocycles. The Balaban J connectivity index is 3.33. The van der Waals surface area contributed by atoms with Gasteiger partial charge >= 0.3 is 0 Å². The average Bonchev–Trinajstić information content (AvgIpc) is 2.17. The van der Waals surface area contributed by atoms with Crippen molar-refractivity contribution in [2.24, 2.45) is 11.8 Å². The Morgan fingerprint density at radius 2 is 2.00 bits per heavy atom. The maximum Gasteiger partial charge on any atom is 0.233 e. The highest BCUT2D eigenvalue weighted by molar-refractivity contribution is 5.77. The minimum atomic E-state index is 0.0285. The van der Waals surface area contributed by atoms with Crippen molar-refractivity contribution in [1.82, 2.24) is 10.6 Å². The molecule has 0 aliphatic rings. The number of hydrogen-bond acceptors (Lipinski definition) is 3. The van der Waals surface area contributed by atoms with Crippen molar-refractivity contribution in [2.45, 2.75) is 27.2 Å². The fourth-order valence-corrected chi connectivity index (χ4v) is 1.06. The number of amides is 1. The molecule has 3 N–H and O–H groups in total. The molecule has 0 aromatic heterocycles. The number of aliphatic hydroxyl groups excluding tert-OH is 1. The van der Waals surface area contributed by atoms with Gasteiger partial charge in [0.05, 0.1) is 6.54 Å². The van der Waals surface area contributed by atoms with Gasteiger partial charge in [0.1, 0.15) is 0 Å². The monoisotopic (exact) mass is 216 g/mol. The molecule has 0 aromatic rings. The number of hydrogen-bond donors (Lipinski definition) is 3. The van der Waals surface area contributed by atoms with Gasteiger partial charge in [0.25, 0.3) is 0 Å². The number of carbonyl (C=O) groups is 1. The molecule has 1 amide bonds. The van der Waals surface area contributed by atoms with Gasteiger partial charge in [-0.2, -0.15) is 0 Å². The fourth-order valence-electron chi connectivity index (χ4n) is 1.06. The van der Waals surface area contributed by atoms with Crippen LogP contribution in [0.1, 0.15) is 27.2 Å². The summed E-state index contributed by atoms with van der Waals surface area (Å²) in [5.74, 6) is 0.849. The van der Waals surface area contributed by atoms with Crippen molar-refractivity contribution in [3.8, 4) is 0 Å². The van der Waals surface area contributed by atoms with Crippen LogP contribution in [-0.4, -0.2) is 37.3 Å². The van der Waals surface area contributed by atoms with E-state index in [2.05, 4.69) is 24.5 Å². The second kappa shape index (κ2) is 8.68. The Morgan fingerprint density at radius 1 is 1.33 bits per heavy atom. The third kappa shape index (κ3) is 9.69. The van der Waals surface area contributed by atoms with Gasteiger partial charge in [-0.05, 0) is 18.3 Å². The summed E-state index contributed by atoms with van der Waals surface area (Å²) in [5.41, 5.74) is 0. The van der Waals surface area contributed by atoms with Crippen LogP contribution in [-0.2, 0) is 4.79 Å². The summed E-state index contributed by atoms with van der Waals surface area (Å²) in [6, 6.07) is 0. The summed E-state index contributed by atoms with van der Waals surface area (Å²) in [6.07, 6.45) is 1.01. The van der Waals surface area contributed by atoms with Gasteiger partial charge in [-0.15, -0.1) is 0 Å². The zero-order valence-electron chi connectivity index (χ0n) is 10.0. The van der Waals surface area contributed by atoms with Crippen LogP contribution in [0.5, 0.6) is 0 Å². The third-order valence-corrected chi connectivity index (χ3v) is 2.13. The topological polar surface area (TPSA) is 61.4 Å². The molecule has 1 atom stereocenters. The van der Waals surface area contributed by atoms with E-state index in [4.69, 9.17) is 5.11 Å². The van der Waals surface area contributed by atoms with E-state index < -0.39 is 0 Å². The van der Waals surface area contributed by atoms with E-state index in [0.717, 1.165) is 13.0 Å². The highest BCUT2D eigenvalue weighted by Crippen LogP contribution is 1.95. The molecule has 0 bridgehead atoms. The Hall–Kier alpha value is -0.610. The van der Waals surface area contributed by atoms with Crippen molar-refractivity contribution in [2.75, 3.05) is 26.2 Å². The standard InChI is InChI=1S/C11H24N2O2/c1-9(2)4-5-13-11(15)7-12-6-10(3)8-14/h9-10,12,14H,4-8H2,1-3H3,(H,13,15). The van der Waals surface area contributed by atoms with Crippen LogP contribution in [0.2, 0.25) is 0 Å². The minimum Gasteiger partial charge on any atom is -0.396 e. The summed E-state index contributed by atoms with van der Waals surface area (Å²) < 4.78 is 0. The number of aliphatic hydroxyl groups is 1. The highest BCUT2D eigenvalue weighted by Gasteiger charge is 2.03. The molecule has 0 fully saturated rings. The van der Waals surface area contributed by atoms with Crippen LogP contribution in [0.3, 0.4) is 0 Å². The Morgan fingerprint density at radius 3 is 2.53 bits per heavy atom. The van der Waals surface area contributed by atoms with Crippen LogP contribution in [0, 0.1) is 11.8 Å². The van der Waals surface area contributed by atoms with Crippen LogP contribution in [0.15, 0.2) is 0 Å². The Bertz CT molecular complexity index is 172. The van der Waals surface area contributed by atoms with Gasteiger partial charge in [-0.3, -0.25) is 4.79 Å². The molecule has 0 radical (unpaired) electrons. The molecule has 0 spiro atoms. The lowest BCUT2D eigenvalue weighted by atomic mass is 10.1. The molecule has 0 heterocycles. The summed E-state index contributed by atoms with van der Waals surface area (Å²) in [4.78, 5) is 11.3. The van der Waals surface area contributed by atoms with E-state index in [9.17, 15) is 4.79 Å². The second-order valence-corrected chi connectivity index (χ2v) is 4.45. The summed E-state index contributed by atoms with van der Waals surface area (Å²) >= 11 is 0. The summed E-state index contributed by atoms with van der Waals surface area (Å²) in [6.45, 7) is 8.11. The molecule has 0 aliphatic carbocycles. The molecule has 0 rings (SSSR count). The van der Waals surface area contributed by atoms with Crippen molar-refractivity contribution in [3.63, 3.8) is 0 Å². The fraction of sp³-hybridized carbons (Fsp3) is 0.909. The lowest BCUT2D eigenvalue weighted by Gasteiger charge is -2.10. The molecule has 0 saturated heterocycles. The van der Waals surface area contributed by atoms with Gasteiger partial charge in [-0.1, -0.05) is 20.8 Å². The van der Waals surface area contributed by atoms with E-state index in [1.165, 1.54) is 0 Å². The first-order chi connectivity index (χ1) is 7.06. The van der Waals surface area contributed by atoms with Gasteiger partial charge in [0.15, 0.2) is 0 Å². The molecular formula is C11H24N2O2. The first-order valence-corrected chi connectivity index (χ1v) is 5.64. The van der Waals surface area contributed by atoms with Crippen molar-refractivity contribution in [3.05, 3.63) is 0 Å². The van der Waals surface area contributed by atoms with Crippen molar-refractivity contribution < 1.29 is 9.90 Å². The van der Waals surface area contributed by atoms with Gasteiger partial charge < -0.3 is 15.7 Å². The molecule has 0 aliphatic heterocycles. The quantitative estimate of drug-likeness (QED) is 0.549. The first kappa shape index (κ1) is 14.4. The van der Waals surface area contributed by atoms with Gasteiger partial charge in [-0.25, -0.2) is 0 Å². The molecular weight excluding hydrogens is 192 g/mol. The minimum absolute atomic E-state index is 0.0285. The van der Waals surface area contributed by atoms with E-state index in [-0.39, 0.29) is 18.4 Å². The largest absolute Gasteiger partial charge is 0.396 e. The number of carbonyl (C=O) groups excluding carboxylic acids is 1. The number of nitrogens with one attached hydrogen (secondary N) is 2. The van der Waals surface area contributed by atoms with E-state index in [1.807, 2.05) is 6.92 Å². The lowest BCUT2D eigenvalue weighted by molar-refractivity contribution is -0.120. The molecule has 0 aromatic carbocycles. The molecule has 4 nitrogen and oxygen atoms in total. The highest BCUT2D eigenvalue weighted by atomic mass is 16.3. The van der Waals surface area contributed by atoms with Crippen LogP contribution in [0.25, 0.3) is 0 Å². The van der Waals surface area contributed by atoms with Crippen LogP contribution < -0.4 is 10.6 Å². The van der Waals surface area contributed by atoms with Crippen LogP contribution in [0.4, 0.5) is 0 Å². The third-order valence-electron chi connectivity index (χ3n) is 2.13. The first-order valence-electron chi connectivity index (χ1n) is 5.64. The second-order valence-electron chi connectivity index (χ2n) is 4.45. The molecule has 90 valence electrons. The Kier molecular flexibility index (Phi) is 8.33. The normalized spacial score (nSPS) is 12.9. The van der Waals surface area contributed by atoms with E-state index in [0.29, 0.717) is 19.0 Å². The SMILES string of the molecule is CC(C)CCNC(=O)CNCC(C)CO. The van der Waals surface area contributed by atoms with Crippen LogP contribution >= 0.6 is 0 Å². The molecule has 4 heteroatoms. The maximum atomic E-state index is 11.3. The van der Waals surface area contributed by atoms with E-state index in [1.54, 1.807) is 0 Å². The van der Waals surface area contributed by atoms with E-state index >= 15 is 0 Å². The zero-order chi connectivity index (χ0) is 11.7. The number of rotatable bonds is 8. The smallest absolute Gasteiger partial charge is 0.233 e. The van der Waals surface area contributed by atoms with Crippen molar-refractivity contribution >= 4 is 5.91 Å². The summed E-state index contributed by atoms with van der Waals surface area (Å²) in [5, 5.41) is 14.6. The molecule has 15 heavy (non-hydrogen) atoms. The van der Waals surface area contributed by atoms with Gasteiger partial charge in [0, 0.05) is 19.7 Å². The average molecular weight is 216 g/mol. The predicted molar refractivity (Wildman–Crippen MR) is 61.6 cm³/mol. The Labute approximate surface area is 92.4 Å². The predicted octanol–water partition coefficient (Wildman–Crippen LogP) is 0.367. The lowest BCUT2D eigenvalue weighted by Crippen LogP contribution is -2.36. The molecule has 1 unspecified atom stereocenters.